The van der Waals surface area contributed by atoms with Crippen molar-refractivity contribution < 1.29 is 14.5 Å². The number of nitro groups is 1. The van der Waals surface area contributed by atoms with Gasteiger partial charge < -0.3 is 0 Å². The molecule has 1 aliphatic rings. The highest BCUT2D eigenvalue weighted by molar-refractivity contribution is 7.14. The van der Waals surface area contributed by atoms with Crippen LogP contribution in [0.4, 0.5) is 5.69 Å². The Bertz CT molecular complexity index is 852. The molecule has 0 atom stereocenters. The van der Waals surface area contributed by atoms with Crippen molar-refractivity contribution >= 4 is 28.8 Å². The second kappa shape index (κ2) is 7.65. The van der Waals surface area contributed by atoms with Gasteiger partial charge in [0.05, 0.1) is 15.4 Å². The number of nitrogens with one attached hydrogen (secondary N) is 2. The highest BCUT2D eigenvalue weighted by Gasteiger charge is 2.20. The number of hydrogen-bond acceptors (Lipinski definition) is 5. The average Bonchev–Trinajstić information content (AvgIpc) is 2.90. The minimum absolute atomic E-state index is 0.133. The zero-order valence-corrected chi connectivity index (χ0v) is 15.1. The van der Waals surface area contributed by atoms with E-state index >= 15 is 0 Å². The van der Waals surface area contributed by atoms with E-state index in [1.807, 2.05) is 6.07 Å². The zero-order valence-electron chi connectivity index (χ0n) is 14.3. The van der Waals surface area contributed by atoms with Gasteiger partial charge >= 0.3 is 0 Å². The summed E-state index contributed by atoms with van der Waals surface area (Å²) in [5, 5.41) is 11.0. The molecule has 0 aliphatic heterocycles. The van der Waals surface area contributed by atoms with Crippen molar-refractivity contribution in [1.29, 1.82) is 0 Å². The number of thiophene rings is 1. The number of benzene rings is 1. The lowest BCUT2D eigenvalue weighted by atomic mass is 10.1. The predicted octanol–water partition coefficient (Wildman–Crippen LogP) is 3.31. The molecule has 1 aliphatic carbocycles. The normalized spacial score (nSPS) is 13.4. The summed E-state index contributed by atoms with van der Waals surface area (Å²) in [6, 6.07) is 6.16. The minimum Gasteiger partial charge on any atom is -0.267 e. The first-order valence-corrected chi connectivity index (χ1v) is 9.25. The molecule has 2 N–H and O–H groups in total. The molecule has 0 spiro atoms. The van der Waals surface area contributed by atoms with Gasteiger partial charge in [0, 0.05) is 16.5 Å². The van der Waals surface area contributed by atoms with E-state index in [-0.39, 0.29) is 22.7 Å². The largest absolute Gasteiger partial charge is 0.279 e. The van der Waals surface area contributed by atoms with Crippen LogP contribution in [0.1, 0.15) is 55.3 Å². The van der Waals surface area contributed by atoms with E-state index in [1.54, 1.807) is 0 Å². The summed E-state index contributed by atoms with van der Waals surface area (Å²) in [5.74, 6) is -0.961. The Morgan fingerprint density at radius 3 is 2.62 bits per heavy atom. The lowest BCUT2D eigenvalue weighted by Gasteiger charge is -2.08. The van der Waals surface area contributed by atoms with Crippen molar-refractivity contribution in [1.82, 2.24) is 10.9 Å². The number of nitrogens with zero attached hydrogens (tertiary/aromatic N) is 1. The highest BCUT2D eigenvalue weighted by Crippen LogP contribution is 2.28. The summed E-state index contributed by atoms with van der Waals surface area (Å²) in [6.45, 7) is 1.51. The topological polar surface area (TPSA) is 101 Å². The number of rotatable bonds is 3. The lowest BCUT2D eigenvalue weighted by molar-refractivity contribution is -0.385. The molecule has 0 saturated carbocycles. The second-order valence-corrected chi connectivity index (χ2v) is 7.37. The molecule has 3 rings (SSSR count). The molecule has 136 valence electrons. The molecule has 1 aromatic heterocycles. The molecule has 8 heteroatoms. The van der Waals surface area contributed by atoms with Gasteiger partial charge in [-0.3, -0.25) is 30.6 Å². The summed E-state index contributed by atoms with van der Waals surface area (Å²) < 4.78 is 0. The molecule has 0 radical (unpaired) electrons. The minimum atomic E-state index is -0.585. The lowest BCUT2D eigenvalue weighted by Crippen LogP contribution is -2.41. The van der Waals surface area contributed by atoms with Crippen molar-refractivity contribution in [2.24, 2.45) is 0 Å². The molecular formula is C18H19N3O4S. The number of hydrazine groups is 1. The van der Waals surface area contributed by atoms with Gasteiger partial charge in [0.1, 0.15) is 0 Å². The Balaban J connectivity index is 1.67. The zero-order chi connectivity index (χ0) is 18.7. The third kappa shape index (κ3) is 3.75. The first-order valence-electron chi connectivity index (χ1n) is 8.43. The van der Waals surface area contributed by atoms with Crippen LogP contribution >= 0.6 is 11.3 Å². The Labute approximate surface area is 154 Å². The third-order valence-electron chi connectivity index (χ3n) is 4.51. The summed E-state index contributed by atoms with van der Waals surface area (Å²) in [5.41, 5.74) is 6.24. The summed E-state index contributed by atoms with van der Waals surface area (Å²) in [6.07, 6.45) is 5.46. The van der Waals surface area contributed by atoms with Gasteiger partial charge in [0.2, 0.25) is 0 Å². The van der Waals surface area contributed by atoms with Gasteiger partial charge in [0.25, 0.3) is 17.5 Å². The van der Waals surface area contributed by atoms with Gasteiger partial charge in [0.15, 0.2) is 0 Å². The van der Waals surface area contributed by atoms with E-state index in [0.29, 0.717) is 4.88 Å². The van der Waals surface area contributed by atoms with E-state index < -0.39 is 10.8 Å². The van der Waals surface area contributed by atoms with E-state index in [1.165, 1.54) is 53.3 Å². The van der Waals surface area contributed by atoms with Crippen LogP contribution in [0.3, 0.4) is 0 Å². The van der Waals surface area contributed by atoms with Crippen LogP contribution < -0.4 is 10.9 Å². The summed E-state index contributed by atoms with van der Waals surface area (Å²) in [7, 11) is 0. The van der Waals surface area contributed by atoms with Gasteiger partial charge in [-0.25, -0.2) is 0 Å². The quantitative estimate of drug-likeness (QED) is 0.489. The van der Waals surface area contributed by atoms with Crippen molar-refractivity contribution in [3.63, 3.8) is 0 Å². The molecule has 2 amide bonds. The van der Waals surface area contributed by atoms with Crippen LogP contribution in [0.15, 0.2) is 24.3 Å². The number of fused-ring (bicyclic) bond motifs is 1. The fourth-order valence-electron chi connectivity index (χ4n) is 3.09. The Morgan fingerprint density at radius 1 is 1.12 bits per heavy atom. The summed E-state index contributed by atoms with van der Waals surface area (Å²) in [4.78, 5) is 36.8. The number of nitro benzene ring substituents is 1. The monoisotopic (exact) mass is 373 g/mol. The number of amides is 2. The standard InChI is InChI=1S/C18H19N3O4S/c1-11-13(7-5-8-14(11)21(24)25)17(22)19-20-18(23)16-10-12-6-3-2-4-9-15(12)26-16/h5,7-8,10H,2-4,6,9H2,1H3,(H,19,22)(H,20,23). The van der Waals surface area contributed by atoms with Crippen LogP contribution in [0.2, 0.25) is 0 Å². The molecule has 0 unspecified atom stereocenters. The Morgan fingerprint density at radius 2 is 1.85 bits per heavy atom. The predicted molar refractivity (Wildman–Crippen MR) is 98.3 cm³/mol. The van der Waals surface area contributed by atoms with Crippen LogP contribution in [-0.4, -0.2) is 16.7 Å². The van der Waals surface area contributed by atoms with Gasteiger partial charge in [-0.1, -0.05) is 12.5 Å². The van der Waals surface area contributed by atoms with E-state index in [4.69, 9.17) is 0 Å². The molecule has 1 heterocycles. The second-order valence-electron chi connectivity index (χ2n) is 6.23. The van der Waals surface area contributed by atoms with Crippen LogP contribution in [0, 0.1) is 17.0 Å². The molecule has 1 aromatic carbocycles. The first kappa shape index (κ1) is 18.1. The van der Waals surface area contributed by atoms with Crippen LogP contribution in [0.5, 0.6) is 0 Å². The maximum atomic E-state index is 12.3. The maximum Gasteiger partial charge on any atom is 0.279 e. The highest BCUT2D eigenvalue weighted by atomic mass is 32.1. The van der Waals surface area contributed by atoms with E-state index in [9.17, 15) is 19.7 Å². The van der Waals surface area contributed by atoms with Crippen molar-refractivity contribution in [3.05, 3.63) is 60.8 Å². The van der Waals surface area contributed by atoms with E-state index in [2.05, 4.69) is 10.9 Å². The fraction of sp³-hybridized carbons (Fsp3) is 0.333. The number of hydrogen-bond donors (Lipinski definition) is 2. The van der Waals surface area contributed by atoms with Crippen molar-refractivity contribution in [3.8, 4) is 0 Å². The van der Waals surface area contributed by atoms with Gasteiger partial charge in [-0.05, 0) is 50.3 Å². The van der Waals surface area contributed by atoms with Crippen molar-refractivity contribution in [2.75, 3.05) is 0 Å². The number of carbonyl (C=O) groups excluding carboxylic acids is 2. The van der Waals surface area contributed by atoms with E-state index in [0.717, 1.165) is 25.7 Å². The van der Waals surface area contributed by atoms with Gasteiger partial charge in [-0.2, -0.15) is 0 Å². The maximum absolute atomic E-state index is 12.3. The summed E-state index contributed by atoms with van der Waals surface area (Å²) >= 11 is 1.46. The Kier molecular flexibility index (Phi) is 5.32. The smallest absolute Gasteiger partial charge is 0.267 e. The molecule has 7 nitrogen and oxygen atoms in total. The van der Waals surface area contributed by atoms with Crippen LogP contribution in [-0.2, 0) is 12.8 Å². The molecule has 0 bridgehead atoms. The molecule has 0 saturated heterocycles. The SMILES string of the molecule is Cc1c(C(=O)NNC(=O)c2cc3c(s2)CCCCC3)cccc1[N+](=O)[O-]. The molecule has 0 fully saturated rings. The molecule has 2 aromatic rings. The Hall–Kier alpha value is -2.74. The number of carbonyl (C=O) groups is 2. The number of aryl methyl sites for hydroxylation is 2. The first-order chi connectivity index (χ1) is 12.5. The molecular weight excluding hydrogens is 354 g/mol. The van der Waals surface area contributed by atoms with Gasteiger partial charge in [-0.15, -0.1) is 11.3 Å². The molecule has 26 heavy (non-hydrogen) atoms. The van der Waals surface area contributed by atoms with Crippen molar-refractivity contribution in [2.45, 2.75) is 39.0 Å². The third-order valence-corrected chi connectivity index (χ3v) is 5.74. The average molecular weight is 373 g/mol. The fourth-order valence-corrected chi connectivity index (χ4v) is 4.24. The van der Waals surface area contributed by atoms with Crippen LogP contribution in [0.25, 0.3) is 0 Å².